The molecule has 5 heteroatoms. The lowest BCUT2D eigenvalue weighted by atomic mass is 9.77. The molecule has 1 aliphatic rings. The number of rotatable bonds is 3. The summed E-state index contributed by atoms with van der Waals surface area (Å²) in [5.74, 6) is -2.09. The Balaban J connectivity index is 2.09. The van der Waals surface area contributed by atoms with E-state index in [0.29, 0.717) is 12.8 Å². The van der Waals surface area contributed by atoms with Gasteiger partial charge in [0.2, 0.25) is 0 Å². The lowest BCUT2D eigenvalue weighted by molar-refractivity contribution is -0.157. The summed E-state index contributed by atoms with van der Waals surface area (Å²) < 4.78 is 1.95. The lowest BCUT2D eigenvalue weighted by Gasteiger charge is -2.33. The van der Waals surface area contributed by atoms with Crippen molar-refractivity contribution >= 4 is 22.8 Å². The number of nitrogens with zero attached hydrogens (tertiary/aromatic N) is 1. The van der Waals surface area contributed by atoms with Crippen LogP contribution in [0.1, 0.15) is 18.5 Å². The number of hydrogen-bond acceptors (Lipinski definition) is 2. The van der Waals surface area contributed by atoms with Crippen LogP contribution < -0.4 is 0 Å². The van der Waals surface area contributed by atoms with Crippen LogP contribution in [0, 0.1) is 5.41 Å². The highest BCUT2D eigenvalue weighted by molar-refractivity contribution is 5.84. The SMILES string of the molecule is O=C(O)CC1(C(=O)O)CCc2cc3ccccc3n2C1. The summed E-state index contributed by atoms with van der Waals surface area (Å²) in [5, 5.41) is 19.6. The molecule has 2 heterocycles. The molecule has 1 aromatic carbocycles. The fraction of sp³-hybridized carbons (Fsp3) is 0.333. The summed E-state index contributed by atoms with van der Waals surface area (Å²) in [6, 6.07) is 9.83. The Kier molecular flexibility index (Phi) is 2.78. The van der Waals surface area contributed by atoms with Crippen LogP contribution in [0.25, 0.3) is 10.9 Å². The maximum atomic E-state index is 11.6. The molecule has 104 valence electrons. The maximum Gasteiger partial charge on any atom is 0.312 e. The molecule has 0 saturated carbocycles. The number of fused-ring (bicyclic) bond motifs is 3. The standard InChI is InChI=1S/C15H15NO4/c17-13(18)8-15(14(19)20)6-5-11-7-10-3-1-2-4-12(10)16(11)9-15/h1-4,7H,5-6,8-9H2,(H,17,18)(H,19,20). The first-order chi connectivity index (χ1) is 9.52. The Morgan fingerprint density at radius 1 is 1.25 bits per heavy atom. The predicted molar refractivity (Wildman–Crippen MR) is 72.6 cm³/mol. The highest BCUT2D eigenvalue weighted by Gasteiger charge is 2.43. The Bertz CT molecular complexity index is 703. The van der Waals surface area contributed by atoms with Gasteiger partial charge in [-0.15, -0.1) is 0 Å². The van der Waals surface area contributed by atoms with Gasteiger partial charge in [0.25, 0.3) is 0 Å². The third kappa shape index (κ3) is 1.86. The van der Waals surface area contributed by atoms with E-state index in [2.05, 4.69) is 6.07 Å². The number of benzene rings is 1. The second-order valence-corrected chi connectivity index (χ2v) is 5.44. The minimum Gasteiger partial charge on any atom is -0.481 e. The van der Waals surface area contributed by atoms with Crippen LogP contribution in [0.3, 0.4) is 0 Å². The van der Waals surface area contributed by atoms with Crippen LogP contribution in [0.5, 0.6) is 0 Å². The van der Waals surface area contributed by atoms with Crippen molar-refractivity contribution in [2.75, 3.05) is 0 Å². The Labute approximate surface area is 115 Å². The second-order valence-electron chi connectivity index (χ2n) is 5.44. The number of para-hydroxylation sites is 1. The van der Waals surface area contributed by atoms with Crippen LogP contribution in [-0.4, -0.2) is 26.7 Å². The molecule has 1 aliphatic heterocycles. The molecule has 0 radical (unpaired) electrons. The van der Waals surface area contributed by atoms with Gasteiger partial charge in [-0.05, 0) is 30.4 Å². The molecule has 0 aliphatic carbocycles. The predicted octanol–water partition coefficient (Wildman–Crippen LogP) is 2.13. The molecule has 2 aromatic rings. The average molecular weight is 273 g/mol. The monoisotopic (exact) mass is 273 g/mol. The molecule has 1 unspecified atom stereocenters. The maximum absolute atomic E-state index is 11.6. The Hall–Kier alpha value is -2.30. The van der Waals surface area contributed by atoms with E-state index in [9.17, 15) is 14.7 Å². The van der Waals surface area contributed by atoms with Gasteiger partial charge in [-0.3, -0.25) is 9.59 Å². The minimum atomic E-state index is -1.21. The summed E-state index contributed by atoms with van der Waals surface area (Å²) in [6.45, 7) is 0.220. The second kappa shape index (κ2) is 4.37. The Morgan fingerprint density at radius 2 is 2.00 bits per heavy atom. The van der Waals surface area contributed by atoms with E-state index in [1.807, 2.05) is 28.8 Å². The summed E-state index contributed by atoms with van der Waals surface area (Å²) in [7, 11) is 0. The largest absolute Gasteiger partial charge is 0.481 e. The fourth-order valence-electron chi connectivity index (χ4n) is 3.09. The number of hydrogen-bond donors (Lipinski definition) is 2. The van der Waals surface area contributed by atoms with Crippen LogP contribution in [0.15, 0.2) is 30.3 Å². The number of aromatic nitrogens is 1. The zero-order valence-electron chi connectivity index (χ0n) is 10.9. The molecule has 0 spiro atoms. The van der Waals surface area contributed by atoms with Crippen molar-refractivity contribution < 1.29 is 19.8 Å². The van der Waals surface area contributed by atoms with Crippen molar-refractivity contribution in [2.45, 2.75) is 25.8 Å². The summed E-state index contributed by atoms with van der Waals surface area (Å²) in [6.07, 6.45) is 0.619. The smallest absolute Gasteiger partial charge is 0.312 e. The topological polar surface area (TPSA) is 79.5 Å². The number of aryl methyl sites for hydroxylation is 1. The van der Waals surface area contributed by atoms with Crippen molar-refractivity contribution in [3.8, 4) is 0 Å². The molecule has 1 atom stereocenters. The fourth-order valence-corrected chi connectivity index (χ4v) is 3.09. The molecule has 0 bridgehead atoms. The number of carboxylic acids is 2. The van der Waals surface area contributed by atoms with Crippen LogP contribution >= 0.6 is 0 Å². The minimum absolute atomic E-state index is 0.220. The van der Waals surface area contributed by atoms with Crippen LogP contribution in [0.2, 0.25) is 0 Å². The van der Waals surface area contributed by atoms with Crippen molar-refractivity contribution in [1.29, 1.82) is 0 Å². The van der Waals surface area contributed by atoms with E-state index in [1.165, 1.54) is 0 Å². The van der Waals surface area contributed by atoms with E-state index in [-0.39, 0.29) is 13.0 Å². The molecular weight excluding hydrogens is 258 g/mol. The van der Waals surface area contributed by atoms with Gasteiger partial charge in [0, 0.05) is 17.8 Å². The zero-order chi connectivity index (χ0) is 14.3. The summed E-state index contributed by atoms with van der Waals surface area (Å²) in [4.78, 5) is 22.6. The van der Waals surface area contributed by atoms with Gasteiger partial charge in [-0.25, -0.2) is 0 Å². The molecule has 0 amide bonds. The van der Waals surface area contributed by atoms with Gasteiger partial charge in [-0.2, -0.15) is 0 Å². The molecule has 0 saturated heterocycles. The van der Waals surface area contributed by atoms with E-state index in [4.69, 9.17) is 5.11 Å². The third-order valence-electron chi connectivity index (χ3n) is 4.16. The van der Waals surface area contributed by atoms with E-state index in [1.54, 1.807) is 0 Å². The molecule has 20 heavy (non-hydrogen) atoms. The summed E-state index contributed by atoms with van der Waals surface area (Å²) >= 11 is 0. The Morgan fingerprint density at radius 3 is 2.70 bits per heavy atom. The van der Waals surface area contributed by atoms with Crippen molar-refractivity contribution in [3.63, 3.8) is 0 Å². The van der Waals surface area contributed by atoms with E-state index in [0.717, 1.165) is 16.6 Å². The first kappa shape index (κ1) is 12.7. The molecule has 0 fully saturated rings. The molecule has 2 N–H and O–H groups in total. The van der Waals surface area contributed by atoms with Crippen LogP contribution in [0.4, 0.5) is 0 Å². The first-order valence-corrected chi connectivity index (χ1v) is 6.54. The quantitative estimate of drug-likeness (QED) is 0.897. The van der Waals surface area contributed by atoms with E-state index >= 15 is 0 Å². The molecule has 1 aromatic heterocycles. The highest BCUT2D eigenvalue weighted by Crippen LogP contribution is 2.38. The van der Waals surface area contributed by atoms with Gasteiger partial charge in [0.1, 0.15) is 0 Å². The van der Waals surface area contributed by atoms with Gasteiger partial charge >= 0.3 is 11.9 Å². The number of carboxylic acid groups (broad SMARTS) is 2. The number of carbonyl (C=O) groups is 2. The normalized spacial score (nSPS) is 21.6. The molecule has 5 nitrogen and oxygen atoms in total. The van der Waals surface area contributed by atoms with Crippen molar-refractivity contribution in [3.05, 3.63) is 36.0 Å². The van der Waals surface area contributed by atoms with Crippen LogP contribution in [-0.2, 0) is 22.6 Å². The molecule has 3 rings (SSSR count). The lowest BCUT2D eigenvalue weighted by Crippen LogP contribution is -2.41. The van der Waals surface area contributed by atoms with Gasteiger partial charge < -0.3 is 14.8 Å². The van der Waals surface area contributed by atoms with E-state index < -0.39 is 17.4 Å². The number of aliphatic carboxylic acids is 2. The zero-order valence-corrected chi connectivity index (χ0v) is 10.9. The van der Waals surface area contributed by atoms with Gasteiger partial charge in [0.15, 0.2) is 0 Å². The average Bonchev–Trinajstić information content (AvgIpc) is 2.76. The first-order valence-electron chi connectivity index (χ1n) is 6.54. The third-order valence-corrected chi connectivity index (χ3v) is 4.16. The summed E-state index contributed by atoms with van der Waals surface area (Å²) in [5.41, 5.74) is 0.840. The van der Waals surface area contributed by atoms with Gasteiger partial charge in [-0.1, -0.05) is 18.2 Å². The van der Waals surface area contributed by atoms with Crippen molar-refractivity contribution in [1.82, 2.24) is 4.57 Å². The van der Waals surface area contributed by atoms with Crippen molar-refractivity contribution in [2.24, 2.45) is 5.41 Å². The molecular formula is C15H15NO4. The highest BCUT2D eigenvalue weighted by atomic mass is 16.4. The van der Waals surface area contributed by atoms with Gasteiger partial charge in [0.05, 0.1) is 11.8 Å².